The number of hydrogen-bond donors (Lipinski definition) is 2. The van der Waals surface area contributed by atoms with E-state index in [1.165, 1.54) is 10.4 Å². The highest BCUT2D eigenvalue weighted by Crippen LogP contribution is 2.22. The van der Waals surface area contributed by atoms with Gasteiger partial charge in [-0.05, 0) is 50.3 Å². The van der Waals surface area contributed by atoms with E-state index in [0.29, 0.717) is 36.6 Å². The van der Waals surface area contributed by atoms with Gasteiger partial charge in [0.2, 0.25) is 10.0 Å². The van der Waals surface area contributed by atoms with Crippen LogP contribution in [0.25, 0.3) is 0 Å². The van der Waals surface area contributed by atoms with Crippen molar-refractivity contribution in [3.05, 3.63) is 54.1 Å². The van der Waals surface area contributed by atoms with Crippen LogP contribution in [0, 0.1) is 0 Å². The van der Waals surface area contributed by atoms with Gasteiger partial charge in [-0.15, -0.1) is 0 Å². The molecule has 3 rings (SSSR count). The monoisotopic (exact) mass is 388 g/mol. The van der Waals surface area contributed by atoms with Crippen molar-refractivity contribution < 1.29 is 13.2 Å². The Labute approximate surface area is 159 Å². The summed E-state index contributed by atoms with van der Waals surface area (Å²) in [5, 5.41) is 2.72. The lowest BCUT2D eigenvalue weighted by molar-refractivity contribution is 0.102. The van der Waals surface area contributed by atoms with Crippen molar-refractivity contribution in [3.63, 3.8) is 0 Å². The molecule has 0 bridgehead atoms. The highest BCUT2D eigenvalue weighted by Gasteiger charge is 2.26. The third kappa shape index (κ3) is 4.47. The molecule has 1 aliphatic heterocycles. The van der Waals surface area contributed by atoms with Gasteiger partial charge in [0.05, 0.1) is 10.5 Å². The van der Waals surface area contributed by atoms with Crippen LogP contribution in [0.4, 0.5) is 11.4 Å². The van der Waals surface area contributed by atoms with Crippen molar-refractivity contribution in [2.24, 2.45) is 0 Å². The number of sulfonamides is 1. The fraction of sp³-hybridized carbons (Fsp3) is 0.316. The Morgan fingerprint density at radius 2 is 1.81 bits per heavy atom. The molecule has 0 unspecified atom stereocenters. The molecule has 0 aliphatic carbocycles. The van der Waals surface area contributed by atoms with Crippen molar-refractivity contribution in [1.82, 2.24) is 9.21 Å². The third-order valence-electron chi connectivity index (χ3n) is 4.61. The van der Waals surface area contributed by atoms with Crippen LogP contribution in [0.15, 0.2) is 53.4 Å². The topological polar surface area (TPSA) is 95.7 Å². The number of likely N-dealkylation sites (N-methyl/N-ethyl adjacent to an activating group) is 1. The van der Waals surface area contributed by atoms with E-state index in [1.54, 1.807) is 42.5 Å². The Hall–Kier alpha value is -2.42. The first-order valence-electron chi connectivity index (χ1n) is 8.82. The molecule has 144 valence electrons. The molecule has 0 atom stereocenters. The molecule has 8 heteroatoms. The number of nitrogens with one attached hydrogen (secondary N) is 1. The minimum absolute atomic E-state index is 0.172. The summed E-state index contributed by atoms with van der Waals surface area (Å²) < 4.78 is 27.5. The maximum Gasteiger partial charge on any atom is 0.257 e. The summed E-state index contributed by atoms with van der Waals surface area (Å²) in [6, 6.07) is 13.1. The zero-order valence-electron chi connectivity index (χ0n) is 15.3. The average Bonchev–Trinajstić information content (AvgIpc) is 2.87. The molecular formula is C19H24N4O3S. The number of carbonyl (C=O) groups is 1. The van der Waals surface area contributed by atoms with Crippen molar-refractivity contribution in [2.45, 2.75) is 11.3 Å². The van der Waals surface area contributed by atoms with E-state index in [2.05, 4.69) is 10.2 Å². The van der Waals surface area contributed by atoms with E-state index >= 15 is 0 Å². The summed E-state index contributed by atoms with van der Waals surface area (Å²) in [5.41, 5.74) is 6.96. The number of amides is 1. The van der Waals surface area contributed by atoms with Crippen LogP contribution < -0.4 is 11.1 Å². The van der Waals surface area contributed by atoms with Gasteiger partial charge < -0.3 is 16.0 Å². The normalized spacial score (nSPS) is 16.6. The number of benzene rings is 2. The highest BCUT2D eigenvalue weighted by molar-refractivity contribution is 7.89. The van der Waals surface area contributed by atoms with Gasteiger partial charge in [-0.2, -0.15) is 4.31 Å². The Morgan fingerprint density at radius 1 is 1.04 bits per heavy atom. The summed E-state index contributed by atoms with van der Waals surface area (Å²) in [4.78, 5) is 14.7. The Kier molecular flexibility index (Phi) is 5.79. The fourth-order valence-electron chi connectivity index (χ4n) is 3.05. The van der Waals surface area contributed by atoms with Gasteiger partial charge in [0, 0.05) is 31.0 Å². The van der Waals surface area contributed by atoms with Gasteiger partial charge in [0.25, 0.3) is 5.91 Å². The van der Waals surface area contributed by atoms with Crippen LogP contribution in [0.3, 0.4) is 0 Å². The van der Waals surface area contributed by atoms with E-state index in [9.17, 15) is 13.2 Å². The molecule has 1 amide bonds. The predicted molar refractivity (Wildman–Crippen MR) is 106 cm³/mol. The van der Waals surface area contributed by atoms with E-state index in [4.69, 9.17) is 5.73 Å². The lowest BCUT2D eigenvalue weighted by atomic mass is 10.1. The van der Waals surface area contributed by atoms with Crippen molar-refractivity contribution in [1.29, 1.82) is 0 Å². The van der Waals surface area contributed by atoms with Gasteiger partial charge in [-0.3, -0.25) is 4.79 Å². The summed E-state index contributed by atoms with van der Waals surface area (Å²) in [6.07, 6.45) is 0.791. The maximum absolute atomic E-state index is 13.0. The number of nitrogens with two attached hydrogens (primary N) is 1. The van der Waals surface area contributed by atoms with E-state index in [0.717, 1.165) is 13.0 Å². The lowest BCUT2D eigenvalue weighted by Gasteiger charge is -2.20. The molecule has 2 aromatic rings. The molecule has 7 nitrogen and oxygen atoms in total. The quantitative estimate of drug-likeness (QED) is 0.780. The van der Waals surface area contributed by atoms with Crippen molar-refractivity contribution in [3.8, 4) is 0 Å². The Balaban J connectivity index is 1.80. The zero-order chi connectivity index (χ0) is 19.4. The molecule has 3 N–H and O–H groups in total. The first kappa shape index (κ1) is 19.3. The number of nitrogen functional groups attached to an aromatic ring is 1. The standard InChI is InChI=1S/C19H24N4O3S/c1-22-10-5-11-23(13-12-22)27(25,26)16-7-4-6-15(14-16)21-19(24)17-8-2-3-9-18(17)20/h2-4,6-9,14H,5,10-13,20H2,1H3,(H,21,24). The van der Waals surface area contributed by atoms with Gasteiger partial charge in [0.15, 0.2) is 0 Å². The molecule has 27 heavy (non-hydrogen) atoms. The molecular weight excluding hydrogens is 364 g/mol. The summed E-state index contributed by atoms with van der Waals surface area (Å²) in [5.74, 6) is -0.376. The third-order valence-corrected chi connectivity index (χ3v) is 6.51. The van der Waals surface area contributed by atoms with Crippen LogP contribution in [0.1, 0.15) is 16.8 Å². The van der Waals surface area contributed by atoms with E-state index in [-0.39, 0.29) is 10.8 Å². The number of carbonyl (C=O) groups excluding carboxylic acids is 1. The molecule has 0 spiro atoms. The largest absolute Gasteiger partial charge is 0.398 e. The first-order chi connectivity index (χ1) is 12.9. The van der Waals surface area contributed by atoms with Crippen LogP contribution in [0.5, 0.6) is 0 Å². The summed E-state index contributed by atoms with van der Waals surface area (Å²) >= 11 is 0. The number of anilines is 2. The van der Waals surface area contributed by atoms with Gasteiger partial charge >= 0.3 is 0 Å². The molecule has 0 saturated carbocycles. The van der Waals surface area contributed by atoms with Crippen LogP contribution in [0.2, 0.25) is 0 Å². The van der Waals surface area contributed by atoms with Crippen LogP contribution in [-0.2, 0) is 10.0 Å². The summed E-state index contributed by atoms with van der Waals surface area (Å²) in [7, 11) is -1.62. The molecule has 1 saturated heterocycles. The molecule has 0 radical (unpaired) electrons. The van der Waals surface area contributed by atoms with Gasteiger partial charge in [-0.25, -0.2) is 8.42 Å². The van der Waals surface area contributed by atoms with E-state index < -0.39 is 10.0 Å². The zero-order valence-corrected chi connectivity index (χ0v) is 16.1. The molecule has 0 aromatic heterocycles. The fourth-order valence-corrected chi connectivity index (χ4v) is 4.56. The SMILES string of the molecule is CN1CCCN(S(=O)(=O)c2cccc(NC(=O)c3ccccc3N)c2)CC1. The average molecular weight is 388 g/mol. The lowest BCUT2D eigenvalue weighted by Crippen LogP contribution is -2.34. The predicted octanol–water partition coefficient (Wildman–Crippen LogP) is 1.85. The number of rotatable bonds is 4. The van der Waals surface area contributed by atoms with Gasteiger partial charge in [0.1, 0.15) is 0 Å². The number of hydrogen-bond acceptors (Lipinski definition) is 5. The first-order valence-corrected chi connectivity index (χ1v) is 10.3. The second-order valence-electron chi connectivity index (χ2n) is 6.63. The van der Waals surface area contributed by atoms with Crippen LogP contribution in [-0.4, -0.2) is 56.8 Å². The van der Waals surface area contributed by atoms with E-state index in [1.807, 2.05) is 7.05 Å². The number of para-hydroxylation sites is 1. The Morgan fingerprint density at radius 3 is 2.59 bits per heavy atom. The molecule has 1 fully saturated rings. The highest BCUT2D eigenvalue weighted by atomic mass is 32.2. The maximum atomic E-state index is 13.0. The van der Waals surface area contributed by atoms with Crippen molar-refractivity contribution in [2.75, 3.05) is 44.3 Å². The Bertz CT molecular complexity index is 930. The second kappa shape index (κ2) is 8.08. The van der Waals surface area contributed by atoms with Crippen LogP contribution >= 0.6 is 0 Å². The molecule has 1 heterocycles. The minimum atomic E-state index is -3.61. The summed E-state index contributed by atoms with van der Waals surface area (Å²) in [6.45, 7) is 2.52. The molecule has 1 aliphatic rings. The van der Waals surface area contributed by atoms with Gasteiger partial charge in [-0.1, -0.05) is 18.2 Å². The second-order valence-corrected chi connectivity index (χ2v) is 8.57. The minimum Gasteiger partial charge on any atom is -0.398 e. The van der Waals surface area contributed by atoms with Crippen molar-refractivity contribution >= 4 is 27.3 Å². The number of nitrogens with zero attached hydrogens (tertiary/aromatic N) is 2. The smallest absolute Gasteiger partial charge is 0.257 e. The molecule has 2 aromatic carbocycles.